The predicted octanol–water partition coefficient (Wildman–Crippen LogP) is 2.11. The number of likely N-dealkylation sites (N-methyl/N-ethyl adjacent to an activating group) is 1. The minimum Gasteiger partial charge on any atom is -0.493 e. The van der Waals surface area contributed by atoms with Crippen molar-refractivity contribution in [2.45, 2.75) is 19.4 Å². The van der Waals surface area contributed by atoms with Crippen LogP contribution in [-0.4, -0.2) is 33.4 Å². The van der Waals surface area contributed by atoms with Gasteiger partial charge in [-0.25, -0.2) is 0 Å². The van der Waals surface area contributed by atoms with E-state index in [0.717, 1.165) is 23.7 Å². The molecule has 0 saturated carbocycles. The molecule has 0 atom stereocenters. The van der Waals surface area contributed by atoms with Crippen molar-refractivity contribution in [1.29, 1.82) is 0 Å². The molecule has 1 aromatic carbocycles. The summed E-state index contributed by atoms with van der Waals surface area (Å²) in [5, 5.41) is 6.61. The average Bonchev–Trinajstić information content (AvgIpc) is 2.36. The van der Waals surface area contributed by atoms with E-state index in [1.54, 1.807) is 14.2 Å². The smallest absolute Gasteiger partial charge is 0.162 e. The SMILES string of the molecule is CNC(C)(C)CNc1ccc(OC)c(OC)c1. The summed E-state index contributed by atoms with van der Waals surface area (Å²) in [6, 6.07) is 5.81. The van der Waals surface area contributed by atoms with Crippen molar-refractivity contribution in [3.8, 4) is 11.5 Å². The highest BCUT2D eigenvalue weighted by atomic mass is 16.5. The molecule has 1 aromatic rings. The van der Waals surface area contributed by atoms with Crippen LogP contribution in [0.1, 0.15) is 13.8 Å². The lowest BCUT2D eigenvalue weighted by atomic mass is 10.1. The summed E-state index contributed by atoms with van der Waals surface area (Å²) in [5.41, 5.74) is 1.07. The summed E-state index contributed by atoms with van der Waals surface area (Å²) >= 11 is 0. The number of benzene rings is 1. The normalized spacial score (nSPS) is 11.1. The quantitative estimate of drug-likeness (QED) is 0.796. The van der Waals surface area contributed by atoms with Crippen LogP contribution in [0.2, 0.25) is 0 Å². The zero-order valence-corrected chi connectivity index (χ0v) is 11.3. The number of anilines is 1. The van der Waals surface area contributed by atoms with E-state index in [2.05, 4.69) is 24.5 Å². The molecular formula is C13H22N2O2. The molecule has 0 aliphatic heterocycles. The van der Waals surface area contributed by atoms with Crippen LogP contribution >= 0.6 is 0 Å². The Kier molecular flexibility index (Phi) is 4.63. The van der Waals surface area contributed by atoms with Gasteiger partial charge in [0.05, 0.1) is 14.2 Å². The molecule has 1 rings (SSSR count). The maximum absolute atomic E-state index is 5.25. The van der Waals surface area contributed by atoms with E-state index in [9.17, 15) is 0 Å². The molecule has 4 heteroatoms. The fourth-order valence-electron chi connectivity index (χ4n) is 1.36. The van der Waals surface area contributed by atoms with Gasteiger partial charge in [-0.05, 0) is 33.0 Å². The molecule has 0 saturated heterocycles. The molecule has 0 aliphatic rings. The highest BCUT2D eigenvalue weighted by molar-refractivity contribution is 5.54. The van der Waals surface area contributed by atoms with Crippen LogP contribution in [0.25, 0.3) is 0 Å². The van der Waals surface area contributed by atoms with Crippen LogP contribution in [-0.2, 0) is 0 Å². The predicted molar refractivity (Wildman–Crippen MR) is 71.2 cm³/mol. The number of ether oxygens (including phenoxy) is 2. The topological polar surface area (TPSA) is 42.5 Å². The lowest BCUT2D eigenvalue weighted by Crippen LogP contribution is -2.42. The largest absolute Gasteiger partial charge is 0.493 e. The van der Waals surface area contributed by atoms with Gasteiger partial charge in [-0.1, -0.05) is 0 Å². The third-order valence-electron chi connectivity index (χ3n) is 2.79. The molecule has 0 aromatic heterocycles. The maximum Gasteiger partial charge on any atom is 0.162 e. The first kappa shape index (κ1) is 13.6. The standard InChI is InChI=1S/C13H22N2O2/c1-13(2,14-3)9-15-10-6-7-11(16-4)12(8-10)17-5/h6-8,14-15H,9H2,1-5H3. The van der Waals surface area contributed by atoms with Gasteiger partial charge in [-0.15, -0.1) is 0 Å². The first-order valence-corrected chi connectivity index (χ1v) is 5.67. The Morgan fingerprint density at radius 2 is 1.76 bits per heavy atom. The molecule has 0 unspecified atom stereocenters. The summed E-state index contributed by atoms with van der Waals surface area (Å²) in [7, 11) is 5.23. The first-order chi connectivity index (χ1) is 8.02. The molecule has 0 radical (unpaired) electrons. The maximum atomic E-state index is 5.25. The average molecular weight is 238 g/mol. The summed E-state index contributed by atoms with van der Waals surface area (Å²) in [6.45, 7) is 5.11. The van der Waals surface area contributed by atoms with Crippen molar-refractivity contribution >= 4 is 5.69 Å². The van der Waals surface area contributed by atoms with Gasteiger partial charge in [0.25, 0.3) is 0 Å². The van der Waals surface area contributed by atoms with Crippen LogP contribution in [0, 0.1) is 0 Å². The van der Waals surface area contributed by atoms with E-state index in [1.165, 1.54) is 0 Å². The molecule has 4 nitrogen and oxygen atoms in total. The Bertz CT molecular complexity index is 364. The fourth-order valence-corrected chi connectivity index (χ4v) is 1.36. The van der Waals surface area contributed by atoms with Crippen LogP contribution in [0.5, 0.6) is 11.5 Å². The van der Waals surface area contributed by atoms with E-state index < -0.39 is 0 Å². The second-order valence-electron chi connectivity index (χ2n) is 4.56. The summed E-state index contributed by atoms with van der Waals surface area (Å²) in [5.74, 6) is 1.48. The molecule has 17 heavy (non-hydrogen) atoms. The van der Waals surface area contributed by atoms with Crippen molar-refractivity contribution in [2.24, 2.45) is 0 Å². The van der Waals surface area contributed by atoms with E-state index in [1.807, 2.05) is 25.2 Å². The minimum atomic E-state index is 0.0488. The number of nitrogens with one attached hydrogen (secondary N) is 2. The van der Waals surface area contributed by atoms with Crippen molar-refractivity contribution in [2.75, 3.05) is 33.1 Å². The monoisotopic (exact) mass is 238 g/mol. The number of methoxy groups -OCH3 is 2. The summed E-state index contributed by atoms with van der Waals surface area (Å²) in [6.07, 6.45) is 0. The Morgan fingerprint density at radius 1 is 1.12 bits per heavy atom. The molecule has 0 bridgehead atoms. The molecule has 0 fully saturated rings. The lowest BCUT2D eigenvalue weighted by Gasteiger charge is -2.25. The Balaban J connectivity index is 2.73. The van der Waals surface area contributed by atoms with Crippen molar-refractivity contribution in [3.05, 3.63) is 18.2 Å². The van der Waals surface area contributed by atoms with Gasteiger partial charge < -0.3 is 20.1 Å². The highest BCUT2D eigenvalue weighted by Gasteiger charge is 2.14. The van der Waals surface area contributed by atoms with E-state index >= 15 is 0 Å². The van der Waals surface area contributed by atoms with Gasteiger partial charge in [-0.3, -0.25) is 0 Å². The van der Waals surface area contributed by atoms with Crippen molar-refractivity contribution in [1.82, 2.24) is 5.32 Å². The van der Waals surface area contributed by atoms with Gasteiger partial charge in [0.2, 0.25) is 0 Å². The van der Waals surface area contributed by atoms with Crippen LogP contribution in [0.3, 0.4) is 0 Å². The number of hydrogen-bond donors (Lipinski definition) is 2. The summed E-state index contributed by atoms with van der Waals surface area (Å²) in [4.78, 5) is 0. The second kappa shape index (κ2) is 5.77. The molecule has 0 heterocycles. The first-order valence-electron chi connectivity index (χ1n) is 5.67. The second-order valence-corrected chi connectivity index (χ2v) is 4.56. The zero-order chi connectivity index (χ0) is 12.9. The van der Waals surface area contributed by atoms with Gasteiger partial charge in [0.15, 0.2) is 11.5 Å². The Morgan fingerprint density at radius 3 is 2.29 bits per heavy atom. The summed E-state index contributed by atoms with van der Waals surface area (Å²) < 4.78 is 10.4. The highest BCUT2D eigenvalue weighted by Crippen LogP contribution is 2.29. The Hall–Kier alpha value is -1.42. The van der Waals surface area contributed by atoms with Crippen LogP contribution in [0.4, 0.5) is 5.69 Å². The van der Waals surface area contributed by atoms with Crippen molar-refractivity contribution < 1.29 is 9.47 Å². The molecule has 0 aliphatic carbocycles. The van der Waals surface area contributed by atoms with E-state index in [-0.39, 0.29) is 5.54 Å². The molecule has 2 N–H and O–H groups in total. The molecule has 0 amide bonds. The number of hydrogen-bond acceptors (Lipinski definition) is 4. The Labute approximate surface area is 103 Å². The molecular weight excluding hydrogens is 216 g/mol. The molecule has 0 spiro atoms. The van der Waals surface area contributed by atoms with Crippen LogP contribution < -0.4 is 20.1 Å². The van der Waals surface area contributed by atoms with Crippen LogP contribution in [0.15, 0.2) is 18.2 Å². The van der Waals surface area contributed by atoms with Gasteiger partial charge in [0.1, 0.15) is 0 Å². The van der Waals surface area contributed by atoms with Gasteiger partial charge >= 0.3 is 0 Å². The third-order valence-corrected chi connectivity index (χ3v) is 2.79. The van der Waals surface area contributed by atoms with Gasteiger partial charge in [0, 0.05) is 23.8 Å². The molecule has 96 valence electrons. The lowest BCUT2D eigenvalue weighted by molar-refractivity contribution is 0.355. The fraction of sp³-hybridized carbons (Fsp3) is 0.538. The zero-order valence-electron chi connectivity index (χ0n) is 11.3. The van der Waals surface area contributed by atoms with E-state index in [4.69, 9.17) is 9.47 Å². The number of rotatable bonds is 6. The van der Waals surface area contributed by atoms with E-state index in [0.29, 0.717) is 0 Å². The minimum absolute atomic E-state index is 0.0488. The third kappa shape index (κ3) is 3.82. The van der Waals surface area contributed by atoms with Gasteiger partial charge in [-0.2, -0.15) is 0 Å². The van der Waals surface area contributed by atoms with Crippen molar-refractivity contribution in [3.63, 3.8) is 0 Å².